The second-order valence-electron chi connectivity index (χ2n) is 7.51. The minimum Gasteiger partial charge on any atom is -0.327 e. The first-order valence-electron chi connectivity index (χ1n) is 9.87. The number of nitriles is 1. The van der Waals surface area contributed by atoms with E-state index in [4.69, 9.17) is 0 Å². The minimum absolute atomic E-state index is 0.00443. The lowest BCUT2D eigenvalue weighted by Gasteiger charge is -2.18. The van der Waals surface area contributed by atoms with Crippen LogP contribution in [0.4, 0.5) is 5.82 Å². The van der Waals surface area contributed by atoms with Crippen LogP contribution >= 0.6 is 0 Å². The Bertz CT molecular complexity index is 824. The van der Waals surface area contributed by atoms with Crippen molar-refractivity contribution in [1.82, 2.24) is 4.57 Å². The van der Waals surface area contributed by atoms with E-state index >= 15 is 0 Å². The summed E-state index contributed by atoms with van der Waals surface area (Å²) in [7, 11) is 0. The third kappa shape index (κ3) is 4.58. The number of amides is 1. The molecule has 5 nitrogen and oxygen atoms in total. The summed E-state index contributed by atoms with van der Waals surface area (Å²) in [6, 6.07) is 12.4. The SMILES string of the molecule is Cc1c(C#N)c(NC(=O)C[NH+]2CCCCCC2)n(Cc2ccccc2)c1C. The molecule has 27 heavy (non-hydrogen) atoms. The third-order valence-corrected chi connectivity index (χ3v) is 5.60. The van der Waals surface area contributed by atoms with E-state index < -0.39 is 0 Å². The number of carbonyl (C=O) groups excluding carboxylic acids is 1. The summed E-state index contributed by atoms with van der Waals surface area (Å²) >= 11 is 0. The molecular weight excluding hydrogens is 336 g/mol. The van der Waals surface area contributed by atoms with Crippen LogP contribution in [0, 0.1) is 25.2 Å². The summed E-state index contributed by atoms with van der Waals surface area (Å²) in [5, 5.41) is 12.7. The van der Waals surface area contributed by atoms with E-state index in [-0.39, 0.29) is 5.91 Å². The van der Waals surface area contributed by atoms with Gasteiger partial charge in [0.1, 0.15) is 11.9 Å². The summed E-state index contributed by atoms with van der Waals surface area (Å²) in [5.41, 5.74) is 3.68. The van der Waals surface area contributed by atoms with Gasteiger partial charge in [0.2, 0.25) is 0 Å². The van der Waals surface area contributed by atoms with Crippen molar-refractivity contribution >= 4 is 11.7 Å². The third-order valence-electron chi connectivity index (χ3n) is 5.60. The molecule has 1 fully saturated rings. The van der Waals surface area contributed by atoms with Gasteiger partial charge in [-0.3, -0.25) is 4.79 Å². The molecular formula is C22H29N4O+. The Kier molecular flexibility index (Phi) is 6.31. The number of nitrogens with one attached hydrogen (secondary N) is 2. The van der Waals surface area contributed by atoms with E-state index in [2.05, 4.69) is 28.1 Å². The standard InChI is InChI=1S/C22H28N4O/c1-17-18(2)26(15-19-10-6-5-7-11-19)22(20(17)14-23)24-21(27)16-25-12-8-3-4-9-13-25/h5-7,10-11H,3-4,8-9,12-13,15-16H2,1-2H3,(H,24,27)/p+1. The summed E-state index contributed by atoms with van der Waals surface area (Å²) in [6.07, 6.45) is 4.91. The zero-order chi connectivity index (χ0) is 19.2. The summed E-state index contributed by atoms with van der Waals surface area (Å²) in [6.45, 7) is 7.18. The molecule has 1 aromatic heterocycles. The molecule has 0 unspecified atom stereocenters. The van der Waals surface area contributed by atoms with Crippen LogP contribution in [0.15, 0.2) is 30.3 Å². The van der Waals surface area contributed by atoms with E-state index in [9.17, 15) is 10.1 Å². The van der Waals surface area contributed by atoms with Gasteiger partial charge in [0.05, 0.1) is 18.7 Å². The summed E-state index contributed by atoms with van der Waals surface area (Å²) < 4.78 is 2.05. The van der Waals surface area contributed by atoms with Crippen molar-refractivity contribution in [3.63, 3.8) is 0 Å². The topological polar surface area (TPSA) is 62.3 Å². The zero-order valence-corrected chi connectivity index (χ0v) is 16.3. The molecule has 1 aliphatic heterocycles. The van der Waals surface area contributed by atoms with Gasteiger partial charge in [-0.1, -0.05) is 30.3 Å². The number of quaternary nitrogens is 1. The maximum atomic E-state index is 12.7. The number of hydrogen-bond acceptors (Lipinski definition) is 2. The summed E-state index contributed by atoms with van der Waals surface area (Å²) in [4.78, 5) is 14.1. The molecule has 142 valence electrons. The molecule has 2 N–H and O–H groups in total. The molecule has 5 heteroatoms. The highest BCUT2D eigenvalue weighted by Gasteiger charge is 2.22. The van der Waals surface area contributed by atoms with E-state index in [0.29, 0.717) is 24.5 Å². The van der Waals surface area contributed by atoms with Crippen LogP contribution in [0.1, 0.15) is 48.1 Å². The van der Waals surface area contributed by atoms with Crippen LogP contribution in [-0.4, -0.2) is 30.1 Å². The van der Waals surface area contributed by atoms with Gasteiger partial charge in [0.15, 0.2) is 6.54 Å². The predicted octanol–water partition coefficient (Wildman–Crippen LogP) is 2.42. The van der Waals surface area contributed by atoms with E-state index in [1.165, 1.54) is 30.6 Å². The van der Waals surface area contributed by atoms with Crippen LogP contribution in [0.25, 0.3) is 0 Å². The van der Waals surface area contributed by atoms with Crippen LogP contribution < -0.4 is 10.2 Å². The predicted molar refractivity (Wildman–Crippen MR) is 107 cm³/mol. The lowest BCUT2D eigenvalue weighted by atomic mass is 10.2. The number of benzene rings is 1. The largest absolute Gasteiger partial charge is 0.327 e. The highest BCUT2D eigenvalue weighted by molar-refractivity contribution is 5.92. The number of likely N-dealkylation sites (tertiary alicyclic amines) is 1. The number of nitrogens with zero attached hydrogens (tertiary/aromatic N) is 2. The van der Waals surface area contributed by atoms with Gasteiger partial charge in [-0.2, -0.15) is 5.26 Å². The molecule has 2 aromatic rings. The van der Waals surface area contributed by atoms with Crippen molar-refractivity contribution < 1.29 is 9.69 Å². The second kappa shape index (κ2) is 8.88. The number of aromatic nitrogens is 1. The molecule has 2 heterocycles. The first-order valence-corrected chi connectivity index (χ1v) is 9.87. The molecule has 3 rings (SSSR count). The number of rotatable bonds is 5. The molecule has 1 saturated heterocycles. The normalized spacial score (nSPS) is 15.1. The zero-order valence-electron chi connectivity index (χ0n) is 16.3. The van der Waals surface area contributed by atoms with Crippen LogP contribution in [-0.2, 0) is 11.3 Å². The highest BCUT2D eigenvalue weighted by atomic mass is 16.2. The number of hydrogen-bond donors (Lipinski definition) is 2. The second-order valence-corrected chi connectivity index (χ2v) is 7.51. The van der Waals surface area contributed by atoms with Gasteiger partial charge in [-0.15, -0.1) is 0 Å². The highest BCUT2D eigenvalue weighted by Crippen LogP contribution is 2.27. The fourth-order valence-corrected chi connectivity index (χ4v) is 3.90. The van der Waals surface area contributed by atoms with Crippen molar-refractivity contribution in [2.24, 2.45) is 0 Å². The van der Waals surface area contributed by atoms with Gasteiger partial charge in [0, 0.05) is 12.2 Å². The lowest BCUT2D eigenvalue weighted by Crippen LogP contribution is -3.12. The first-order chi connectivity index (χ1) is 13.1. The fourth-order valence-electron chi connectivity index (χ4n) is 3.90. The Hall–Kier alpha value is -2.58. The van der Waals surface area contributed by atoms with Gasteiger partial charge in [-0.05, 0) is 50.7 Å². The fraction of sp³-hybridized carbons (Fsp3) is 0.455. The Labute approximate surface area is 161 Å². The van der Waals surface area contributed by atoms with Crippen molar-refractivity contribution in [3.8, 4) is 6.07 Å². The minimum atomic E-state index is -0.00443. The molecule has 0 aliphatic carbocycles. The Morgan fingerprint density at radius 2 is 1.81 bits per heavy atom. The maximum absolute atomic E-state index is 12.7. The van der Waals surface area contributed by atoms with E-state index in [0.717, 1.165) is 29.9 Å². The Balaban J connectivity index is 1.81. The molecule has 0 saturated carbocycles. The van der Waals surface area contributed by atoms with Crippen molar-refractivity contribution in [2.45, 2.75) is 46.1 Å². The average Bonchev–Trinajstić information content (AvgIpc) is 2.85. The molecule has 1 aromatic carbocycles. The quantitative estimate of drug-likeness (QED) is 0.855. The van der Waals surface area contributed by atoms with Gasteiger partial charge in [0.25, 0.3) is 5.91 Å². The van der Waals surface area contributed by atoms with Crippen LogP contribution in [0.5, 0.6) is 0 Å². The van der Waals surface area contributed by atoms with E-state index in [1.54, 1.807) is 0 Å². The molecule has 0 atom stereocenters. The first kappa shape index (κ1) is 19.2. The Morgan fingerprint density at radius 1 is 1.15 bits per heavy atom. The number of carbonyl (C=O) groups is 1. The van der Waals surface area contributed by atoms with Crippen molar-refractivity contribution in [3.05, 3.63) is 52.7 Å². The molecule has 0 radical (unpaired) electrons. The molecule has 0 spiro atoms. The van der Waals surface area contributed by atoms with Gasteiger partial charge in [-0.25, -0.2) is 0 Å². The summed E-state index contributed by atoms with van der Waals surface area (Å²) in [5.74, 6) is 0.630. The van der Waals surface area contributed by atoms with Crippen molar-refractivity contribution in [1.29, 1.82) is 5.26 Å². The van der Waals surface area contributed by atoms with Crippen LogP contribution in [0.3, 0.4) is 0 Å². The van der Waals surface area contributed by atoms with Gasteiger partial charge >= 0.3 is 0 Å². The Morgan fingerprint density at radius 3 is 2.44 bits per heavy atom. The van der Waals surface area contributed by atoms with Crippen LogP contribution in [0.2, 0.25) is 0 Å². The molecule has 0 bridgehead atoms. The average molecular weight is 366 g/mol. The maximum Gasteiger partial charge on any atom is 0.280 e. The van der Waals surface area contributed by atoms with Gasteiger partial charge < -0.3 is 14.8 Å². The monoisotopic (exact) mass is 365 g/mol. The molecule has 1 aliphatic rings. The lowest BCUT2D eigenvalue weighted by molar-refractivity contribution is -0.890. The molecule has 1 amide bonds. The smallest absolute Gasteiger partial charge is 0.280 e. The van der Waals surface area contributed by atoms with Crippen molar-refractivity contribution in [2.75, 3.05) is 25.0 Å². The van der Waals surface area contributed by atoms with E-state index in [1.807, 2.05) is 32.0 Å². The number of anilines is 1.